The molecule has 0 bridgehead atoms. The number of nitrogens with two attached hydrogens (primary N) is 1. The lowest BCUT2D eigenvalue weighted by atomic mass is 9.90. The SMILES string of the molecule is COC(C)c1ccccc1.Cc1ccc(C(CN)CC(C)C)cc1. The third-order valence-corrected chi connectivity index (χ3v) is 4.21. The van der Waals surface area contributed by atoms with E-state index in [4.69, 9.17) is 10.5 Å². The van der Waals surface area contributed by atoms with Crippen molar-refractivity contribution in [3.05, 3.63) is 71.3 Å². The van der Waals surface area contributed by atoms with Crippen molar-refractivity contribution < 1.29 is 4.74 Å². The minimum Gasteiger partial charge on any atom is -0.377 e. The molecule has 0 saturated heterocycles. The van der Waals surface area contributed by atoms with E-state index in [1.165, 1.54) is 23.1 Å². The molecule has 2 N–H and O–H groups in total. The van der Waals surface area contributed by atoms with Crippen molar-refractivity contribution in [2.75, 3.05) is 13.7 Å². The minimum absolute atomic E-state index is 0.209. The summed E-state index contributed by atoms with van der Waals surface area (Å²) in [5, 5.41) is 0. The van der Waals surface area contributed by atoms with Crippen LogP contribution in [0.2, 0.25) is 0 Å². The van der Waals surface area contributed by atoms with Crippen molar-refractivity contribution >= 4 is 0 Å². The molecule has 2 aromatic rings. The number of benzene rings is 2. The van der Waals surface area contributed by atoms with Crippen LogP contribution in [-0.4, -0.2) is 13.7 Å². The van der Waals surface area contributed by atoms with Crippen molar-refractivity contribution in [2.45, 2.75) is 46.1 Å². The highest BCUT2D eigenvalue weighted by Crippen LogP contribution is 2.22. The molecule has 0 aromatic heterocycles. The van der Waals surface area contributed by atoms with Gasteiger partial charge in [0.15, 0.2) is 0 Å². The molecule has 0 amide bonds. The van der Waals surface area contributed by atoms with Crippen molar-refractivity contribution in [3.8, 4) is 0 Å². The van der Waals surface area contributed by atoms with Crippen LogP contribution in [0.5, 0.6) is 0 Å². The quantitative estimate of drug-likeness (QED) is 0.762. The highest BCUT2D eigenvalue weighted by molar-refractivity contribution is 5.24. The lowest BCUT2D eigenvalue weighted by Crippen LogP contribution is -2.14. The molecule has 132 valence electrons. The van der Waals surface area contributed by atoms with Crippen molar-refractivity contribution in [2.24, 2.45) is 11.7 Å². The molecular weight excluding hydrogens is 294 g/mol. The highest BCUT2D eigenvalue weighted by atomic mass is 16.5. The van der Waals surface area contributed by atoms with E-state index >= 15 is 0 Å². The van der Waals surface area contributed by atoms with E-state index in [2.05, 4.69) is 57.2 Å². The Labute approximate surface area is 148 Å². The first-order valence-electron chi connectivity index (χ1n) is 8.82. The van der Waals surface area contributed by atoms with Gasteiger partial charge in [-0.3, -0.25) is 0 Å². The fraction of sp³-hybridized carbons (Fsp3) is 0.455. The van der Waals surface area contributed by atoms with E-state index in [0.29, 0.717) is 11.8 Å². The van der Waals surface area contributed by atoms with Gasteiger partial charge in [0.25, 0.3) is 0 Å². The maximum atomic E-state index is 5.79. The predicted octanol–water partition coefficient (Wildman–Crippen LogP) is 5.48. The Morgan fingerprint density at radius 1 is 0.875 bits per heavy atom. The molecule has 0 aliphatic heterocycles. The van der Waals surface area contributed by atoms with Crippen LogP contribution in [0.15, 0.2) is 54.6 Å². The molecule has 0 aliphatic rings. The lowest BCUT2D eigenvalue weighted by molar-refractivity contribution is 0.119. The summed E-state index contributed by atoms with van der Waals surface area (Å²) in [6.45, 7) is 9.40. The summed E-state index contributed by atoms with van der Waals surface area (Å²) in [6, 6.07) is 18.9. The topological polar surface area (TPSA) is 35.2 Å². The van der Waals surface area contributed by atoms with Gasteiger partial charge in [-0.2, -0.15) is 0 Å². The molecule has 2 unspecified atom stereocenters. The Balaban J connectivity index is 0.000000254. The van der Waals surface area contributed by atoms with Crippen LogP contribution in [0.4, 0.5) is 0 Å². The standard InChI is InChI=1S/C13H21N.C9H12O/c1-10(2)8-13(9-14)12-6-4-11(3)5-7-12;1-8(10-2)9-6-4-3-5-7-9/h4-7,10,13H,8-9,14H2,1-3H3;3-8H,1-2H3. The second-order valence-corrected chi connectivity index (χ2v) is 6.76. The Bertz CT molecular complexity index is 548. The van der Waals surface area contributed by atoms with Gasteiger partial charge in [0.1, 0.15) is 0 Å². The lowest BCUT2D eigenvalue weighted by Gasteiger charge is -2.17. The Hall–Kier alpha value is -1.64. The summed E-state index contributed by atoms with van der Waals surface area (Å²) in [7, 11) is 1.72. The molecule has 0 aliphatic carbocycles. The summed E-state index contributed by atoms with van der Waals surface area (Å²) < 4.78 is 5.14. The molecular formula is C22H33NO. The maximum absolute atomic E-state index is 5.79. The van der Waals surface area contributed by atoms with Gasteiger partial charge in [-0.05, 0) is 49.8 Å². The van der Waals surface area contributed by atoms with Crippen LogP contribution in [0.1, 0.15) is 55.9 Å². The molecule has 2 heteroatoms. The van der Waals surface area contributed by atoms with Gasteiger partial charge < -0.3 is 10.5 Å². The van der Waals surface area contributed by atoms with Gasteiger partial charge in [-0.15, -0.1) is 0 Å². The van der Waals surface area contributed by atoms with Crippen molar-refractivity contribution in [1.29, 1.82) is 0 Å². The summed E-state index contributed by atoms with van der Waals surface area (Å²) in [5.41, 5.74) is 9.71. The van der Waals surface area contributed by atoms with Gasteiger partial charge in [0, 0.05) is 7.11 Å². The van der Waals surface area contributed by atoms with Crippen LogP contribution in [0, 0.1) is 12.8 Å². The summed E-state index contributed by atoms with van der Waals surface area (Å²) in [4.78, 5) is 0. The number of hydrogen-bond acceptors (Lipinski definition) is 2. The second kappa shape index (κ2) is 11.0. The van der Waals surface area contributed by atoms with E-state index in [1.54, 1.807) is 7.11 Å². The molecule has 2 aromatic carbocycles. The molecule has 0 heterocycles. The first-order valence-corrected chi connectivity index (χ1v) is 8.82. The highest BCUT2D eigenvalue weighted by Gasteiger charge is 2.10. The smallest absolute Gasteiger partial charge is 0.0793 e. The summed E-state index contributed by atoms with van der Waals surface area (Å²) >= 11 is 0. The van der Waals surface area contributed by atoms with Gasteiger partial charge in [-0.25, -0.2) is 0 Å². The van der Waals surface area contributed by atoms with E-state index in [9.17, 15) is 0 Å². The zero-order valence-corrected chi connectivity index (χ0v) is 15.8. The van der Waals surface area contributed by atoms with Crippen LogP contribution in [-0.2, 0) is 4.74 Å². The van der Waals surface area contributed by atoms with Gasteiger partial charge in [0.2, 0.25) is 0 Å². The Morgan fingerprint density at radius 2 is 1.46 bits per heavy atom. The zero-order chi connectivity index (χ0) is 17.9. The van der Waals surface area contributed by atoms with E-state index in [0.717, 1.165) is 6.54 Å². The number of hydrogen-bond donors (Lipinski definition) is 1. The van der Waals surface area contributed by atoms with Crippen LogP contribution in [0.3, 0.4) is 0 Å². The molecule has 0 spiro atoms. The summed E-state index contributed by atoms with van der Waals surface area (Å²) in [6.07, 6.45) is 1.39. The number of ether oxygens (including phenoxy) is 1. The molecule has 0 saturated carbocycles. The molecule has 24 heavy (non-hydrogen) atoms. The average molecular weight is 328 g/mol. The monoisotopic (exact) mass is 327 g/mol. The molecule has 2 atom stereocenters. The van der Waals surface area contributed by atoms with E-state index < -0.39 is 0 Å². The third kappa shape index (κ3) is 7.29. The summed E-state index contributed by atoms with van der Waals surface area (Å²) in [5.74, 6) is 1.24. The first kappa shape index (κ1) is 20.4. The van der Waals surface area contributed by atoms with Crippen molar-refractivity contribution in [1.82, 2.24) is 0 Å². The van der Waals surface area contributed by atoms with Crippen LogP contribution in [0.25, 0.3) is 0 Å². The number of rotatable bonds is 6. The third-order valence-electron chi connectivity index (χ3n) is 4.21. The first-order chi connectivity index (χ1) is 11.5. The second-order valence-electron chi connectivity index (χ2n) is 6.76. The Kier molecular flexibility index (Phi) is 9.36. The molecule has 2 rings (SSSR count). The van der Waals surface area contributed by atoms with Gasteiger partial charge >= 0.3 is 0 Å². The molecule has 0 fully saturated rings. The minimum atomic E-state index is 0.209. The largest absolute Gasteiger partial charge is 0.377 e. The molecule has 2 nitrogen and oxygen atoms in total. The van der Waals surface area contributed by atoms with Crippen LogP contribution < -0.4 is 5.73 Å². The number of methoxy groups -OCH3 is 1. The maximum Gasteiger partial charge on any atom is 0.0793 e. The number of aryl methyl sites for hydroxylation is 1. The Morgan fingerprint density at radius 3 is 1.92 bits per heavy atom. The van der Waals surface area contributed by atoms with E-state index in [-0.39, 0.29) is 6.10 Å². The van der Waals surface area contributed by atoms with Crippen molar-refractivity contribution in [3.63, 3.8) is 0 Å². The van der Waals surface area contributed by atoms with E-state index in [1.807, 2.05) is 25.1 Å². The fourth-order valence-electron chi connectivity index (χ4n) is 2.64. The molecule has 0 radical (unpaired) electrons. The zero-order valence-electron chi connectivity index (χ0n) is 15.8. The van der Waals surface area contributed by atoms with Gasteiger partial charge in [-0.1, -0.05) is 74.0 Å². The normalized spacial score (nSPS) is 13.1. The van der Waals surface area contributed by atoms with Gasteiger partial charge in [0.05, 0.1) is 6.10 Å². The fourth-order valence-corrected chi connectivity index (χ4v) is 2.64. The predicted molar refractivity (Wildman–Crippen MR) is 104 cm³/mol. The van der Waals surface area contributed by atoms with Crippen LogP contribution >= 0.6 is 0 Å². The average Bonchev–Trinajstić information content (AvgIpc) is 2.61.